The van der Waals surface area contributed by atoms with Gasteiger partial charge in [-0.3, -0.25) is 4.99 Å². The Kier molecular flexibility index (Phi) is 8.15. The minimum absolute atomic E-state index is 0.136. The first-order chi connectivity index (χ1) is 13.8. The molecule has 6 nitrogen and oxygen atoms in total. The normalized spacial score (nSPS) is 12.4. The third-order valence-corrected chi connectivity index (χ3v) is 4.48. The van der Waals surface area contributed by atoms with Crippen LogP contribution < -0.4 is 9.47 Å². The molecule has 1 atom stereocenters. The number of carboxylic acids is 1. The van der Waals surface area contributed by atoms with Gasteiger partial charge in [0, 0.05) is 16.8 Å². The molecule has 29 heavy (non-hydrogen) atoms. The van der Waals surface area contributed by atoms with E-state index in [1.807, 2.05) is 24.3 Å². The summed E-state index contributed by atoms with van der Waals surface area (Å²) in [7, 11) is 1.46. The molecular formula is C22H22BrNO5. The Hall–Kier alpha value is -2.93. The number of aliphatic carboxylic acids is 1. The predicted molar refractivity (Wildman–Crippen MR) is 116 cm³/mol. The highest BCUT2D eigenvalue weighted by molar-refractivity contribution is 9.10. The van der Waals surface area contributed by atoms with Gasteiger partial charge in [-0.25, -0.2) is 9.59 Å². The van der Waals surface area contributed by atoms with E-state index < -0.39 is 18.0 Å². The van der Waals surface area contributed by atoms with Crippen LogP contribution in [-0.2, 0) is 9.59 Å². The lowest BCUT2D eigenvalue weighted by atomic mass is 10.1. The van der Waals surface area contributed by atoms with Crippen LogP contribution in [-0.4, -0.2) is 36.4 Å². The first-order valence-electron chi connectivity index (χ1n) is 8.89. The molecule has 2 rings (SSSR count). The average molecular weight is 460 g/mol. The van der Waals surface area contributed by atoms with Gasteiger partial charge in [0.1, 0.15) is 6.04 Å². The number of halogens is 1. The number of hydrogen-bond donors (Lipinski definition) is 1. The van der Waals surface area contributed by atoms with Crippen LogP contribution in [0.1, 0.15) is 25.0 Å². The smallest absolute Gasteiger partial charge is 0.336 e. The first-order valence-corrected chi connectivity index (χ1v) is 9.69. The molecule has 0 saturated heterocycles. The van der Waals surface area contributed by atoms with Gasteiger partial charge in [-0.2, -0.15) is 0 Å². The second-order valence-electron chi connectivity index (χ2n) is 6.52. The summed E-state index contributed by atoms with van der Waals surface area (Å²) < 4.78 is 11.6. The molecule has 152 valence electrons. The van der Waals surface area contributed by atoms with Gasteiger partial charge in [-0.05, 0) is 53.5 Å². The quantitative estimate of drug-likeness (QED) is 0.269. The average Bonchev–Trinajstić information content (AvgIpc) is 2.68. The number of benzene rings is 2. The fourth-order valence-electron chi connectivity index (χ4n) is 2.42. The van der Waals surface area contributed by atoms with E-state index in [1.165, 1.54) is 19.4 Å². The summed E-state index contributed by atoms with van der Waals surface area (Å²) in [4.78, 5) is 27.5. The topological polar surface area (TPSA) is 85.2 Å². The maximum atomic E-state index is 12.1. The second kappa shape index (κ2) is 10.6. The van der Waals surface area contributed by atoms with Crippen molar-refractivity contribution < 1.29 is 24.2 Å². The zero-order chi connectivity index (χ0) is 21.4. The van der Waals surface area contributed by atoms with Crippen LogP contribution >= 0.6 is 15.9 Å². The van der Waals surface area contributed by atoms with E-state index in [1.54, 1.807) is 38.1 Å². The van der Waals surface area contributed by atoms with E-state index in [4.69, 9.17) is 9.47 Å². The molecule has 0 amide bonds. The van der Waals surface area contributed by atoms with Crippen molar-refractivity contribution in [2.45, 2.75) is 19.9 Å². The Labute approximate surface area is 178 Å². The summed E-state index contributed by atoms with van der Waals surface area (Å²) in [6.45, 7) is 3.59. The number of ether oxygens (including phenoxy) is 2. The molecule has 0 spiro atoms. The molecule has 1 unspecified atom stereocenters. The zero-order valence-corrected chi connectivity index (χ0v) is 17.9. The SMILES string of the molecule is COc1cc(C=NC(C(=O)O)C(C)C)ccc1OC(=O)/C=C/c1ccc(Br)cc1. The molecule has 0 aliphatic rings. The Morgan fingerprint density at radius 1 is 1.07 bits per heavy atom. The molecule has 0 radical (unpaired) electrons. The summed E-state index contributed by atoms with van der Waals surface area (Å²) in [5.41, 5.74) is 1.50. The van der Waals surface area contributed by atoms with Gasteiger partial charge in [0.15, 0.2) is 11.5 Å². The van der Waals surface area contributed by atoms with Gasteiger partial charge < -0.3 is 14.6 Å². The van der Waals surface area contributed by atoms with Crippen molar-refractivity contribution >= 4 is 40.2 Å². The second-order valence-corrected chi connectivity index (χ2v) is 7.44. The molecule has 1 N–H and O–H groups in total. The number of hydrogen-bond acceptors (Lipinski definition) is 5. The maximum absolute atomic E-state index is 12.1. The van der Waals surface area contributed by atoms with E-state index in [-0.39, 0.29) is 11.7 Å². The number of esters is 1. The van der Waals surface area contributed by atoms with Crippen molar-refractivity contribution in [2.24, 2.45) is 10.9 Å². The number of carboxylic acid groups (broad SMARTS) is 1. The summed E-state index contributed by atoms with van der Waals surface area (Å²) >= 11 is 3.36. The molecular weight excluding hydrogens is 438 g/mol. The molecule has 2 aromatic rings. The highest BCUT2D eigenvalue weighted by atomic mass is 79.9. The van der Waals surface area contributed by atoms with E-state index in [2.05, 4.69) is 20.9 Å². The van der Waals surface area contributed by atoms with Crippen LogP contribution in [0.4, 0.5) is 0 Å². The molecule has 0 aliphatic heterocycles. The van der Waals surface area contributed by atoms with Crippen LogP contribution in [0.25, 0.3) is 6.08 Å². The number of aliphatic imine (C=N–C) groups is 1. The molecule has 0 fully saturated rings. The van der Waals surface area contributed by atoms with Crippen LogP contribution in [0, 0.1) is 5.92 Å². The first kappa shape index (κ1) is 22.4. The van der Waals surface area contributed by atoms with Crippen molar-refractivity contribution in [3.05, 3.63) is 64.1 Å². The van der Waals surface area contributed by atoms with Gasteiger partial charge in [-0.15, -0.1) is 0 Å². The number of methoxy groups -OCH3 is 1. The standard InChI is InChI=1S/C22H22BrNO5/c1-14(2)21(22(26)27)24-13-16-6-10-18(19(12-16)28-3)29-20(25)11-7-15-4-8-17(23)9-5-15/h4-14,21H,1-3H3,(H,26,27)/b11-7+,24-13?. The highest BCUT2D eigenvalue weighted by Crippen LogP contribution is 2.28. The maximum Gasteiger partial charge on any atom is 0.336 e. The van der Waals surface area contributed by atoms with Crippen LogP contribution in [0.15, 0.2) is 58.0 Å². The van der Waals surface area contributed by atoms with E-state index in [9.17, 15) is 14.7 Å². The molecule has 0 aromatic heterocycles. The fraction of sp³-hybridized carbons (Fsp3) is 0.227. The Bertz CT molecular complexity index is 919. The lowest BCUT2D eigenvalue weighted by Gasteiger charge is -2.11. The van der Waals surface area contributed by atoms with Crippen molar-refractivity contribution in [3.8, 4) is 11.5 Å². The van der Waals surface area contributed by atoms with Crippen LogP contribution in [0.2, 0.25) is 0 Å². The van der Waals surface area contributed by atoms with E-state index >= 15 is 0 Å². The van der Waals surface area contributed by atoms with E-state index in [0.29, 0.717) is 11.3 Å². The third-order valence-electron chi connectivity index (χ3n) is 3.95. The fourth-order valence-corrected chi connectivity index (χ4v) is 2.68. The Morgan fingerprint density at radius 2 is 1.72 bits per heavy atom. The van der Waals surface area contributed by atoms with Crippen LogP contribution in [0.3, 0.4) is 0 Å². The van der Waals surface area contributed by atoms with Gasteiger partial charge in [0.2, 0.25) is 0 Å². The van der Waals surface area contributed by atoms with Crippen molar-refractivity contribution in [1.82, 2.24) is 0 Å². The molecule has 0 aliphatic carbocycles. The third kappa shape index (κ3) is 6.87. The monoisotopic (exact) mass is 459 g/mol. The van der Waals surface area contributed by atoms with Gasteiger partial charge in [-0.1, -0.05) is 41.9 Å². The van der Waals surface area contributed by atoms with Gasteiger partial charge in [0.25, 0.3) is 0 Å². The van der Waals surface area contributed by atoms with Crippen LogP contribution in [0.5, 0.6) is 11.5 Å². The summed E-state index contributed by atoms with van der Waals surface area (Å²) in [5, 5.41) is 9.21. The number of rotatable bonds is 8. The van der Waals surface area contributed by atoms with E-state index in [0.717, 1.165) is 10.0 Å². The largest absolute Gasteiger partial charge is 0.493 e. The summed E-state index contributed by atoms with van der Waals surface area (Å²) in [5.74, 6) is -1.06. The lowest BCUT2D eigenvalue weighted by molar-refractivity contribution is -0.139. The molecule has 2 aromatic carbocycles. The minimum atomic E-state index is -0.980. The predicted octanol–water partition coefficient (Wildman–Crippen LogP) is 4.60. The number of nitrogens with zero attached hydrogens (tertiary/aromatic N) is 1. The minimum Gasteiger partial charge on any atom is -0.493 e. The number of carbonyl (C=O) groups is 2. The summed E-state index contributed by atoms with van der Waals surface area (Å²) in [6.07, 6.45) is 4.46. The zero-order valence-electron chi connectivity index (χ0n) is 16.3. The van der Waals surface area contributed by atoms with Crippen molar-refractivity contribution in [3.63, 3.8) is 0 Å². The van der Waals surface area contributed by atoms with Crippen molar-refractivity contribution in [2.75, 3.05) is 7.11 Å². The summed E-state index contributed by atoms with van der Waals surface area (Å²) in [6, 6.07) is 11.5. The van der Waals surface area contributed by atoms with Crippen molar-refractivity contribution in [1.29, 1.82) is 0 Å². The molecule has 0 saturated carbocycles. The highest BCUT2D eigenvalue weighted by Gasteiger charge is 2.19. The number of carbonyl (C=O) groups excluding carboxylic acids is 1. The molecule has 7 heteroatoms. The Morgan fingerprint density at radius 3 is 2.31 bits per heavy atom. The Balaban J connectivity index is 2.10. The van der Waals surface area contributed by atoms with Gasteiger partial charge >= 0.3 is 11.9 Å². The molecule has 0 heterocycles. The van der Waals surface area contributed by atoms with Gasteiger partial charge in [0.05, 0.1) is 7.11 Å². The molecule has 0 bridgehead atoms. The lowest BCUT2D eigenvalue weighted by Crippen LogP contribution is -2.24.